The lowest BCUT2D eigenvalue weighted by atomic mass is 10.0. The molecule has 1 heterocycles. The van der Waals surface area contributed by atoms with Gasteiger partial charge in [-0.05, 0) is 43.5 Å². The second-order valence-electron chi connectivity index (χ2n) is 5.62. The Labute approximate surface area is 140 Å². The summed E-state index contributed by atoms with van der Waals surface area (Å²) in [6, 6.07) is 10.1. The number of aryl methyl sites for hydroxylation is 2. The van der Waals surface area contributed by atoms with Gasteiger partial charge in [-0.3, -0.25) is 4.79 Å². The maximum atomic E-state index is 11.9. The van der Waals surface area contributed by atoms with Gasteiger partial charge in [0.25, 0.3) is 5.91 Å². The van der Waals surface area contributed by atoms with Crippen molar-refractivity contribution in [1.29, 1.82) is 0 Å². The molecule has 0 saturated heterocycles. The van der Waals surface area contributed by atoms with Crippen LogP contribution in [0.5, 0.6) is 0 Å². The molecule has 1 aromatic heterocycles. The largest absolute Gasteiger partial charge is 0.618 e. The Morgan fingerprint density at radius 3 is 2.62 bits per heavy atom. The van der Waals surface area contributed by atoms with Crippen molar-refractivity contribution in [2.45, 2.75) is 26.8 Å². The van der Waals surface area contributed by atoms with Crippen LogP contribution in [0.4, 0.5) is 0 Å². The standard InChI is InChI=1S/C18H20N2O4/c1-12-7-8-15(10-13(12)2)14(3)19-17(21)11-24-18(22)16-6-4-5-9-20(16)23/h4-10,14H,11H2,1-3H3,(H,19,21)/t14-/m0/s1. The first-order chi connectivity index (χ1) is 11.4. The molecule has 6 heteroatoms. The Morgan fingerprint density at radius 1 is 1.21 bits per heavy atom. The summed E-state index contributed by atoms with van der Waals surface area (Å²) in [7, 11) is 0. The third kappa shape index (κ3) is 4.32. The highest BCUT2D eigenvalue weighted by molar-refractivity contribution is 5.88. The zero-order chi connectivity index (χ0) is 17.7. The number of carbonyl (C=O) groups is 2. The van der Waals surface area contributed by atoms with Gasteiger partial charge in [0.05, 0.1) is 6.04 Å². The number of hydrogen-bond acceptors (Lipinski definition) is 4. The highest BCUT2D eigenvalue weighted by Crippen LogP contribution is 2.16. The fourth-order valence-corrected chi connectivity index (χ4v) is 2.19. The molecule has 24 heavy (non-hydrogen) atoms. The van der Waals surface area contributed by atoms with Crippen molar-refractivity contribution in [2.75, 3.05) is 6.61 Å². The molecule has 0 unspecified atom stereocenters. The van der Waals surface area contributed by atoms with E-state index in [1.54, 1.807) is 6.07 Å². The van der Waals surface area contributed by atoms with Gasteiger partial charge in [0.1, 0.15) is 0 Å². The lowest BCUT2D eigenvalue weighted by Crippen LogP contribution is -2.36. The Balaban J connectivity index is 1.90. The van der Waals surface area contributed by atoms with Crippen molar-refractivity contribution in [2.24, 2.45) is 0 Å². The van der Waals surface area contributed by atoms with Crippen molar-refractivity contribution in [3.05, 3.63) is 70.2 Å². The maximum Gasteiger partial charge on any atom is 0.405 e. The number of rotatable bonds is 5. The zero-order valence-corrected chi connectivity index (χ0v) is 13.9. The smallest absolute Gasteiger partial charge is 0.405 e. The number of hydrogen-bond donors (Lipinski definition) is 1. The topological polar surface area (TPSA) is 82.3 Å². The highest BCUT2D eigenvalue weighted by Gasteiger charge is 2.19. The number of nitrogens with zero attached hydrogens (tertiary/aromatic N) is 1. The summed E-state index contributed by atoms with van der Waals surface area (Å²) in [5, 5.41) is 14.2. The van der Waals surface area contributed by atoms with Gasteiger partial charge in [0.15, 0.2) is 12.8 Å². The van der Waals surface area contributed by atoms with Crippen molar-refractivity contribution >= 4 is 11.9 Å². The van der Waals surface area contributed by atoms with E-state index in [2.05, 4.69) is 5.32 Å². The molecule has 1 atom stereocenters. The number of ether oxygens (including phenoxy) is 1. The third-order valence-electron chi connectivity index (χ3n) is 3.78. The Kier molecular flexibility index (Phi) is 5.52. The summed E-state index contributed by atoms with van der Waals surface area (Å²) in [6.07, 6.45) is 1.19. The van der Waals surface area contributed by atoms with Crippen LogP contribution in [-0.2, 0) is 9.53 Å². The lowest BCUT2D eigenvalue weighted by molar-refractivity contribution is -0.608. The fourth-order valence-electron chi connectivity index (χ4n) is 2.19. The molecular formula is C18H20N2O4. The van der Waals surface area contributed by atoms with Crippen LogP contribution in [0, 0.1) is 19.1 Å². The predicted molar refractivity (Wildman–Crippen MR) is 88.2 cm³/mol. The molecule has 0 bridgehead atoms. The van der Waals surface area contributed by atoms with E-state index >= 15 is 0 Å². The van der Waals surface area contributed by atoms with Crippen LogP contribution >= 0.6 is 0 Å². The maximum absolute atomic E-state index is 11.9. The van der Waals surface area contributed by atoms with E-state index in [1.165, 1.54) is 23.9 Å². The van der Waals surface area contributed by atoms with Gasteiger partial charge in [-0.15, -0.1) is 0 Å². The summed E-state index contributed by atoms with van der Waals surface area (Å²) in [6.45, 7) is 5.44. The van der Waals surface area contributed by atoms with Gasteiger partial charge in [0.2, 0.25) is 0 Å². The Bertz CT molecular complexity index is 758. The molecule has 1 amide bonds. The number of amides is 1. The number of carbonyl (C=O) groups excluding carboxylic acids is 2. The zero-order valence-electron chi connectivity index (χ0n) is 13.9. The first kappa shape index (κ1) is 17.5. The van der Waals surface area contributed by atoms with Crippen LogP contribution < -0.4 is 10.0 Å². The summed E-state index contributed by atoms with van der Waals surface area (Å²) in [4.78, 5) is 23.7. The van der Waals surface area contributed by atoms with Crippen LogP contribution in [0.3, 0.4) is 0 Å². The normalized spacial score (nSPS) is 11.6. The average Bonchev–Trinajstić information content (AvgIpc) is 2.55. The van der Waals surface area contributed by atoms with E-state index in [0.29, 0.717) is 4.73 Å². The van der Waals surface area contributed by atoms with Gasteiger partial charge in [0, 0.05) is 12.1 Å². The molecule has 126 valence electrons. The molecule has 0 spiro atoms. The SMILES string of the molecule is Cc1ccc([C@H](C)NC(=O)COC(=O)c2cccc[n+]2[O-])cc1C. The first-order valence-electron chi connectivity index (χ1n) is 7.60. The fraction of sp³-hybridized carbons (Fsp3) is 0.278. The Hall–Kier alpha value is -2.89. The molecular weight excluding hydrogens is 308 g/mol. The minimum absolute atomic E-state index is 0.160. The number of benzene rings is 1. The molecule has 1 aromatic carbocycles. The number of esters is 1. The number of aromatic nitrogens is 1. The Morgan fingerprint density at radius 2 is 1.96 bits per heavy atom. The number of nitrogens with one attached hydrogen (secondary N) is 1. The number of pyridine rings is 1. The van der Waals surface area contributed by atoms with Gasteiger partial charge in [-0.25, -0.2) is 4.79 Å². The van der Waals surface area contributed by atoms with Gasteiger partial charge in [-0.1, -0.05) is 18.2 Å². The molecule has 0 aliphatic heterocycles. The van der Waals surface area contributed by atoms with Crippen molar-refractivity contribution in [3.63, 3.8) is 0 Å². The van der Waals surface area contributed by atoms with E-state index in [1.807, 2.05) is 39.0 Å². The molecule has 2 aromatic rings. The van der Waals surface area contributed by atoms with E-state index in [0.717, 1.165) is 11.1 Å². The van der Waals surface area contributed by atoms with Crippen molar-refractivity contribution in [1.82, 2.24) is 5.32 Å². The monoisotopic (exact) mass is 328 g/mol. The van der Waals surface area contributed by atoms with Crippen LogP contribution in [0.1, 0.15) is 40.1 Å². The van der Waals surface area contributed by atoms with Crippen LogP contribution in [0.2, 0.25) is 0 Å². The summed E-state index contributed by atoms with van der Waals surface area (Å²) < 4.78 is 5.28. The van der Waals surface area contributed by atoms with E-state index in [4.69, 9.17) is 4.74 Å². The first-order valence-corrected chi connectivity index (χ1v) is 7.60. The van der Waals surface area contributed by atoms with Crippen LogP contribution in [-0.4, -0.2) is 18.5 Å². The minimum atomic E-state index is -0.834. The summed E-state index contributed by atoms with van der Waals surface area (Å²) in [5.41, 5.74) is 3.13. The highest BCUT2D eigenvalue weighted by atomic mass is 16.5. The second-order valence-corrected chi connectivity index (χ2v) is 5.62. The molecule has 0 saturated carbocycles. The molecule has 6 nitrogen and oxygen atoms in total. The predicted octanol–water partition coefficient (Wildman–Crippen LogP) is 1.97. The third-order valence-corrected chi connectivity index (χ3v) is 3.78. The summed E-state index contributed by atoms with van der Waals surface area (Å²) >= 11 is 0. The molecule has 0 fully saturated rings. The molecule has 0 aliphatic rings. The average molecular weight is 328 g/mol. The van der Waals surface area contributed by atoms with Gasteiger partial charge < -0.3 is 15.3 Å². The van der Waals surface area contributed by atoms with E-state index < -0.39 is 18.5 Å². The lowest BCUT2D eigenvalue weighted by Gasteiger charge is -2.15. The van der Waals surface area contributed by atoms with E-state index in [-0.39, 0.29) is 11.7 Å². The molecule has 0 aliphatic carbocycles. The summed E-state index contributed by atoms with van der Waals surface area (Å²) in [5.74, 6) is -1.26. The van der Waals surface area contributed by atoms with Crippen molar-refractivity contribution in [3.8, 4) is 0 Å². The quantitative estimate of drug-likeness (QED) is 0.517. The van der Waals surface area contributed by atoms with Crippen molar-refractivity contribution < 1.29 is 19.1 Å². The molecule has 2 rings (SSSR count). The van der Waals surface area contributed by atoms with Crippen LogP contribution in [0.25, 0.3) is 0 Å². The molecule has 1 N–H and O–H groups in total. The second kappa shape index (κ2) is 7.59. The van der Waals surface area contributed by atoms with Gasteiger partial charge >= 0.3 is 11.7 Å². The minimum Gasteiger partial charge on any atom is -0.618 e. The molecule has 0 radical (unpaired) electrons. The van der Waals surface area contributed by atoms with Crippen LogP contribution in [0.15, 0.2) is 42.6 Å². The van der Waals surface area contributed by atoms with E-state index in [9.17, 15) is 14.8 Å². The van der Waals surface area contributed by atoms with Gasteiger partial charge in [-0.2, -0.15) is 4.73 Å².